The molecule has 0 spiro atoms. The number of aliphatic carboxylic acids is 1. The average molecular weight is 353 g/mol. The van der Waals surface area contributed by atoms with Crippen LogP contribution in [0.3, 0.4) is 0 Å². The molecule has 3 aromatic rings. The number of Topliss-reactive ketones (excluding diaryl/α,β-unsaturated/α-hetero) is 1. The molecular weight excluding hydrogens is 330 g/mol. The van der Waals surface area contributed by atoms with E-state index in [9.17, 15) is 4.79 Å². The van der Waals surface area contributed by atoms with Crippen LogP contribution in [0.2, 0.25) is 0 Å². The molecule has 1 aliphatic carbocycles. The summed E-state index contributed by atoms with van der Waals surface area (Å²) >= 11 is 0. The second-order valence-corrected chi connectivity index (χ2v) is 6.64. The molecule has 26 heavy (non-hydrogen) atoms. The highest BCUT2D eigenvalue weighted by molar-refractivity contribution is 6.11. The van der Waals surface area contributed by atoms with Gasteiger partial charge in [0, 0.05) is 61.0 Å². The number of fused-ring (bicyclic) bond motifs is 3. The lowest BCUT2D eigenvalue weighted by Crippen LogP contribution is -2.27. The third kappa shape index (κ3) is 3.27. The molecule has 0 bridgehead atoms. The van der Waals surface area contributed by atoms with E-state index in [1.54, 1.807) is 6.20 Å². The Kier molecular flexibility index (Phi) is 4.93. The van der Waals surface area contributed by atoms with Crippen molar-refractivity contribution in [2.75, 3.05) is 0 Å². The van der Waals surface area contributed by atoms with Gasteiger partial charge in [0.25, 0.3) is 5.97 Å². The topological polar surface area (TPSA) is 77.1 Å². The summed E-state index contributed by atoms with van der Waals surface area (Å²) in [7, 11) is 2.06. The lowest BCUT2D eigenvalue weighted by atomic mass is 9.85. The largest absolute Gasteiger partial charge is 0.481 e. The SMILES string of the molecule is CC(=O)O.Cc1nccn1CC1CCc2c(c3ccccc3n2C)C1=O. The van der Waals surface area contributed by atoms with Gasteiger partial charge in [-0.2, -0.15) is 0 Å². The van der Waals surface area contributed by atoms with E-state index in [1.807, 2.05) is 25.3 Å². The Labute approximate surface area is 152 Å². The lowest BCUT2D eigenvalue weighted by Gasteiger charge is -2.23. The van der Waals surface area contributed by atoms with Crippen molar-refractivity contribution in [1.82, 2.24) is 14.1 Å². The third-order valence-electron chi connectivity index (χ3n) is 4.92. The number of aromatic nitrogens is 3. The van der Waals surface area contributed by atoms with Gasteiger partial charge in [0.05, 0.1) is 0 Å². The van der Waals surface area contributed by atoms with Crippen LogP contribution in [0.1, 0.15) is 35.2 Å². The van der Waals surface area contributed by atoms with Crippen LogP contribution < -0.4 is 0 Å². The molecule has 2 aromatic heterocycles. The van der Waals surface area contributed by atoms with Crippen LogP contribution in [0.5, 0.6) is 0 Å². The molecule has 0 fully saturated rings. The standard InChI is InChI=1S/C18H19N3O.C2H4O2/c1-12-19-9-10-21(12)11-13-7-8-16-17(18(13)22)14-5-3-4-6-15(14)20(16)2;1-2(3)4/h3-6,9-10,13H,7-8,11H2,1-2H3;1H3,(H,3,4). The van der Waals surface area contributed by atoms with Crippen molar-refractivity contribution in [3.8, 4) is 0 Å². The van der Waals surface area contributed by atoms with E-state index in [2.05, 4.69) is 33.3 Å². The van der Waals surface area contributed by atoms with Gasteiger partial charge < -0.3 is 14.2 Å². The zero-order chi connectivity index (χ0) is 18.8. The molecule has 0 saturated carbocycles. The van der Waals surface area contributed by atoms with E-state index in [0.29, 0.717) is 0 Å². The minimum absolute atomic E-state index is 0.0474. The number of para-hydroxylation sites is 1. The molecule has 2 heterocycles. The summed E-state index contributed by atoms with van der Waals surface area (Å²) in [6.07, 6.45) is 5.63. The Morgan fingerprint density at radius 1 is 1.35 bits per heavy atom. The van der Waals surface area contributed by atoms with Gasteiger partial charge >= 0.3 is 0 Å². The van der Waals surface area contributed by atoms with Crippen molar-refractivity contribution in [2.24, 2.45) is 13.0 Å². The highest BCUT2D eigenvalue weighted by Gasteiger charge is 2.32. The van der Waals surface area contributed by atoms with E-state index in [4.69, 9.17) is 9.90 Å². The van der Waals surface area contributed by atoms with Gasteiger partial charge in [-0.25, -0.2) is 4.98 Å². The van der Waals surface area contributed by atoms with E-state index < -0.39 is 5.97 Å². The molecule has 1 N–H and O–H groups in total. The molecule has 1 aromatic carbocycles. The third-order valence-corrected chi connectivity index (χ3v) is 4.92. The second-order valence-electron chi connectivity index (χ2n) is 6.64. The maximum atomic E-state index is 13.0. The van der Waals surface area contributed by atoms with Crippen LogP contribution in [0.25, 0.3) is 10.9 Å². The van der Waals surface area contributed by atoms with E-state index in [0.717, 1.165) is 48.6 Å². The summed E-state index contributed by atoms with van der Waals surface area (Å²) < 4.78 is 4.26. The first-order valence-corrected chi connectivity index (χ1v) is 8.68. The van der Waals surface area contributed by atoms with Crippen LogP contribution in [-0.2, 0) is 24.8 Å². The Morgan fingerprint density at radius 3 is 2.69 bits per heavy atom. The number of carbonyl (C=O) groups is 2. The van der Waals surface area contributed by atoms with Crippen molar-refractivity contribution in [1.29, 1.82) is 0 Å². The predicted molar refractivity (Wildman–Crippen MR) is 99.3 cm³/mol. The fraction of sp³-hybridized carbons (Fsp3) is 0.350. The van der Waals surface area contributed by atoms with E-state index >= 15 is 0 Å². The molecular formula is C20H23N3O3. The number of hydrogen-bond donors (Lipinski definition) is 1. The molecule has 6 nitrogen and oxygen atoms in total. The number of carbonyl (C=O) groups excluding carboxylic acids is 1. The maximum absolute atomic E-state index is 13.0. The number of hydrogen-bond acceptors (Lipinski definition) is 3. The number of imidazole rings is 1. The Morgan fingerprint density at radius 2 is 2.04 bits per heavy atom. The first-order chi connectivity index (χ1) is 12.4. The first-order valence-electron chi connectivity index (χ1n) is 8.68. The van der Waals surface area contributed by atoms with Crippen LogP contribution in [0, 0.1) is 12.8 Å². The van der Waals surface area contributed by atoms with Gasteiger partial charge in [0.1, 0.15) is 5.82 Å². The Balaban J connectivity index is 0.000000447. The normalized spacial score (nSPS) is 16.1. The highest BCUT2D eigenvalue weighted by Crippen LogP contribution is 2.34. The van der Waals surface area contributed by atoms with Crippen molar-refractivity contribution in [3.63, 3.8) is 0 Å². The molecule has 136 valence electrons. The summed E-state index contributed by atoms with van der Waals surface area (Å²) in [5.74, 6) is 0.467. The molecule has 0 saturated heterocycles. The minimum atomic E-state index is -0.833. The van der Waals surface area contributed by atoms with Crippen LogP contribution in [0.15, 0.2) is 36.7 Å². The number of aryl methyl sites for hydroxylation is 2. The molecule has 1 unspecified atom stereocenters. The van der Waals surface area contributed by atoms with E-state index in [1.165, 1.54) is 5.69 Å². The Bertz CT molecular complexity index is 964. The van der Waals surface area contributed by atoms with Crippen LogP contribution in [0.4, 0.5) is 0 Å². The first kappa shape index (κ1) is 17.9. The summed E-state index contributed by atoms with van der Waals surface area (Å²) in [6.45, 7) is 3.80. The average Bonchev–Trinajstić information content (AvgIpc) is 3.12. The summed E-state index contributed by atoms with van der Waals surface area (Å²) in [4.78, 5) is 26.3. The van der Waals surface area contributed by atoms with Gasteiger partial charge in [0.2, 0.25) is 0 Å². The smallest absolute Gasteiger partial charge is 0.300 e. The predicted octanol–water partition coefficient (Wildman–Crippen LogP) is 3.22. The lowest BCUT2D eigenvalue weighted by molar-refractivity contribution is -0.134. The number of nitrogens with zero attached hydrogens (tertiary/aromatic N) is 3. The van der Waals surface area contributed by atoms with Crippen molar-refractivity contribution < 1.29 is 14.7 Å². The summed E-state index contributed by atoms with van der Waals surface area (Å²) in [6, 6.07) is 8.21. The zero-order valence-electron chi connectivity index (χ0n) is 15.3. The van der Waals surface area contributed by atoms with Crippen molar-refractivity contribution in [2.45, 2.75) is 33.2 Å². The van der Waals surface area contributed by atoms with Gasteiger partial charge in [-0.15, -0.1) is 0 Å². The number of rotatable bonds is 2. The maximum Gasteiger partial charge on any atom is 0.300 e. The molecule has 0 amide bonds. The minimum Gasteiger partial charge on any atom is -0.481 e. The number of carboxylic acid groups (broad SMARTS) is 1. The molecule has 0 radical (unpaired) electrons. The van der Waals surface area contributed by atoms with Gasteiger partial charge in [-0.1, -0.05) is 18.2 Å². The van der Waals surface area contributed by atoms with Gasteiger partial charge in [-0.3, -0.25) is 9.59 Å². The van der Waals surface area contributed by atoms with Crippen molar-refractivity contribution >= 4 is 22.7 Å². The number of ketones is 1. The zero-order valence-corrected chi connectivity index (χ0v) is 15.3. The van der Waals surface area contributed by atoms with Crippen molar-refractivity contribution in [3.05, 3.63) is 53.7 Å². The Hall–Kier alpha value is -2.89. The summed E-state index contributed by atoms with van der Waals surface area (Å²) in [5, 5.41) is 8.51. The highest BCUT2D eigenvalue weighted by atomic mass is 16.4. The van der Waals surface area contributed by atoms with Gasteiger partial charge in [-0.05, 0) is 25.8 Å². The monoisotopic (exact) mass is 353 g/mol. The second kappa shape index (κ2) is 7.15. The molecule has 1 aliphatic rings. The quantitative estimate of drug-likeness (QED) is 0.767. The molecule has 4 rings (SSSR count). The molecule has 6 heteroatoms. The van der Waals surface area contributed by atoms with Crippen LogP contribution >= 0.6 is 0 Å². The number of carboxylic acids is 1. The molecule has 1 atom stereocenters. The van der Waals surface area contributed by atoms with Gasteiger partial charge in [0.15, 0.2) is 5.78 Å². The summed E-state index contributed by atoms with van der Waals surface area (Å²) in [5.41, 5.74) is 3.28. The fourth-order valence-corrected chi connectivity index (χ4v) is 3.67. The fourth-order valence-electron chi connectivity index (χ4n) is 3.67. The number of benzene rings is 1. The van der Waals surface area contributed by atoms with Crippen LogP contribution in [-0.4, -0.2) is 31.0 Å². The molecule has 0 aliphatic heterocycles. The van der Waals surface area contributed by atoms with E-state index in [-0.39, 0.29) is 11.7 Å².